The van der Waals surface area contributed by atoms with Crippen LogP contribution in [0.3, 0.4) is 0 Å². The minimum absolute atomic E-state index is 0.223. The molecule has 0 aromatic heterocycles. The number of morpholine rings is 1. The van der Waals surface area contributed by atoms with Gasteiger partial charge in [-0.05, 0) is 43.5 Å². The molecular formula is C19H23NO3S. The highest BCUT2D eigenvalue weighted by atomic mass is 32.2. The van der Waals surface area contributed by atoms with E-state index in [2.05, 4.69) is 0 Å². The van der Waals surface area contributed by atoms with Gasteiger partial charge >= 0.3 is 0 Å². The van der Waals surface area contributed by atoms with Crippen molar-refractivity contribution in [2.75, 3.05) is 19.7 Å². The number of rotatable bonds is 3. The lowest BCUT2D eigenvalue weighted by molar-refractivity contribution is -0.00257. The summed E-state index contributed by atoms with van der Waals surface area (Å²) >= 11 is 0. The van der Waals surface area contributed by atoms with Gasteiger partial charge in [-0.15, -0.1) is 0 Å². The van der Waals surface area contributed by atoms with Crippen molar-refractivity contribution in [3.63, 3.8) is 0 Å². The van der Waals surface area contributed by atoms with Crippen molar-refractivity contribution in [2.45, 2.75) is 31.8 Å². The predicted molar refractivity (Wildman–Crippen MR) is 94.5 cm³/mol. The third kappa shape index (κ3) is 3.38. The molecule has 0 saturated carbocycles. The molecule has 0 aliphatic carbocycles. The molecular weight excluding hydrogens is 322 g/mol. The van der Waals surface area contributed by atoms with Gasteiger partial charge in [-0.2, -0.15) is 4.31 Å². The summed E-state index contributed by atoms with van der Waals surface area (Å²) in [5.74, 6) is 0. The zero-order valence-corrected chi connectivity index (χ0v) is 15.1. The van der Waals surface area contributed by atoms with Gasteiger partial charge in [-0.3, -0.25) is 0 Å². The molecule has 1 heterocycles. The zero-order valence-electron chi connectivity index (χ0n) is 14.3. The van der Waals surface area contributed by atoms with E-state index in [0.717, 1.165) is 16.7 Å². The van der Waals surface area contributed by atoms with E-state index in [1.165, 1.54) is 5.56 Å². The van der Waals surface area contributed by atoms with Crippen LogP contribution >= 0.6 is 0 Å². The number of benzene rings is 2. The van der Waals surface area contributed by atoms with E-state index < -0.39 is 10.0 Å². The summed E-state index contributed by atoms with van der Waals surface area (Å²) in [6.07, 6.45) is -0.223. The van der Waals surface area contributed by atoms with Crippen LogP contribution in [0.15, 0.2) is 47.4 Å². The first-order chi connectivity index (χ1) is 11.4. The lowest BCUT2D eigenvalue weighted by Crippen LogP contribution is -2.42. The highest BCUT2D eigenvalue weighted by molar-refractivity contribution is 7.89. The summed E-state index contributed by atoms with van der Waals surface area (Å²) in [4.78, 5) is 0.395. The van der Waals surface area contributed by atoms with Crippen LogP contribution in [-0.4, -0.2) is 32.4 Å². The fourth-order valence-corrected chi connectivity index (χ4v) is 4.69. The van der Waals surface area contributed by atoms with Gasteiger partial charge in [0.15, 0.2) is 0 Å². The normalized spacial score (nSPS) is 19.4. The highest BCUT2D eigenvalue weighted by Gasteiger charge is 2.32. The molecule has 1 saturated heterocycles. The Hall–Kier alpha value is -1.69. The molecule has 0 bridgehead atoms. The van der Waals surface area contributed by atoms with E-state index in [1.807, 2.05) is 57.2 Å². The van der Waals surface area contributed by atoms with Gasteiger partial charge in [-0.1, -0.05) is 42.0 Å². The number of sulfonamides is 1. The summed E-state index contributed by atoms with van der Waals surface area (Å²) in [6.45, 7) is 6.92. The maximum atomic E-state index is 13.1. The molecule has 128 valence electrons. The second-order valence-corrected chi connectivity index (χ2v) is 8.31. The van der Waals surface area contributed by atoms with Gasteiger partial charge in [0.1, 0.15) is 0 Å². The average molecular weight is 345 g/mol. The Labute approximate surface area is 144 Å². The monoisotopic (exact) mass is 345 g/mol. The van der Waals surface area contributed by atoms with E-state index in [0.29, 0.717) is 24.6 Å². The topological polar surface area (TPSA) is 46.6 Å². The Morgan fingerprint density at radius 3 is 2.38 bits per heavy atom. The van der Waals surface area contributed by atoms with Gasteiger partial charge in [0, 0.05) is 13.1 Å². The minimum Gasteiger partial charge on any atom is -0.371 e. The van der Waals surface area contributed by atoms with Crippen molar-refractivity contribution in [2.24, 2.45) is 0 Å². The van der Waals surface area contributed by atoms with Crippen molar-refractivity contribution in [3.8, 4) is 0 Å². The number of hydrogen-bond acceptors (Lipinski definition) is 3. The lowest BCUT2D eigenvalue weighted by atomic mass is 10.1. The molecule has 0 spiro atoms. The molecule has 0 radical (unpaired) electrons. The Morgan fingerprint density at radius 2 is 1.67 bits per heavy atom. The van der Waals surface area contributed by atoms with Crippen LogP contribution < -0.4 is 0 Å². The summed E-state index contributed by atoms with van der Waals surface area (Å²) < 4.78 is 33.5. The summed E-state index contributed by atoms with van der Waals surface area (Å²) in [5, 5.41) is 0. The number of aryl methyl sites for hydroxylation is 3. The first-order valence-electron chi connectivity index (χ1n) is 8.13. The van der Waals surface area contributed by atoms with Crippen LogP contribution in [0.25, 0.3) is 0 Å². The molecule has 2 aromatic rings. The summed E-state index contributed by atoms with van der Waals surface area (Å²) in [7, 11) is -3.51. The molecule has 4 nitrogen and oxygen atoms in total. The maximum Gasteiger partial charge on any atom is 0.243 e. The van der Waals surface area contributed by atoms with Crippen LogP contribution in [0, 0.1) is 20.8 Å². The van der Waals surface area contributed by atoms with E-state index in [4.69, 9.17) is 4.74 Å². The van der Waals surface area contributed by atoms with Gasteiger partial charge in [-0.25, -0.2) is 8.42 Å². The molecule has 5 heteroatoms. The van der Waals surface area contributed by atoms with E-state index in [-0.39, 0.29) is 6.10 Å². The molecule has 1 aliphatic rings. The molecule has 1 unspecified atom stereocenters. The van der Waals surface area contributed by atoms with Crippen LogP contribution in [0.1, 0.15) is 28.4 Å². The minimum atomic E-state index is -3.51. The second-order valence-electron chi connectivity index (χ2n) is 6.40. The molecule has 3 rings (SSSR count). The second kappa shape index (κ2) is 6.67. The number of ether oxygens (including phenoxy) is 1. The molecule has 1 atom stereocenters. The first kappa shape index (κ1) is 17.1. The maximum absolute atomic E-state index is 13.1. The largest absolute Gasteiger partial charge is 0.371 e. The van der Waals surface area contributed by atoms with Gasteiger partial charge in [0.2, 0.25) is 10.0 Å². The molecule has 1 fully saturated rings. The average Bonchev–Trinajstić information content (AvgIpc) is 2.58. The lowest BCUT2D eigenvalue weighted by Gasteiger charge is -2.32. The van der Waals surface area contributed by atoms with Crippen molar-refractivity contribution >= 4 is 10.0 Å². The molecule has 1 aliphatic heterocycles. The van der Waals surface area contributed by atoms with E-state index in [1.54, 1.807) is 10.4 Å². The Bertz CT molecular complexity index is 828. The first-order valence-corrected chi connectivity index (χ1v) is 9.57. The van der Waals surface area contributed by atoms with Crippen LogP contribution in [0.2, 0.25) is 0 Å². The Balaban J connectivity index is 1.88. The fraction of sp³-hybridized carbons (Fsp3) is 0.368. The van der Waals surface area contributed by atoms with Crippen molar-refractivity contribution < 1.29 is 13.2 Å². The Kier molecular flexibility index (Phi) is 4.76. The zero-order chi connectivity index (χ0) is 17.3. The quantitative estimate of drug-likeness (QED) is 0.857. The van der Waals surface area contributed by atoms with Crippen LogP contribution in [0.5, 0.6) is 0 Å². The fourth-order valence-electron chi connectivity index (χ4n) is 2.95. The smallest absolute Gasteiger partial charge is 0.243 e. The van der Waals surface area contributed by atoms with Crippen LogP contribution in [-0.2, 0) is 14.8 Å². The molecule has 0 N–H and O–H groups in total. The molecule has 2 aromatic carbocycles. The van der Waals surface area contributed by atoms with Gasteiger partial charge in [0.05, 0.1) is 17.6 Å². The highest BCUT2D eigenvalue weighted by Crippen LogP contribution is 2.28. The molecule has 0 amide bonds. The third-order valence-electron chi connectivity index (χ3n) is 4.44. The van der Waals surface area contributed by atoms with Crippen molar-refractivity contribution in [3.05, 3.63) is 64.7 Å². The van der Waals surface area contributed by atoms with Crippen LogP contribution in [0.4, 0.5) is 0 Å². The van der Waals surface area contributed by atoms with Gasteiger partial charge < -0.3 is 4.74 Å². The number of nitrogens with zero attached hydrogens (tertiary/aromatic N) is 1. The molecule has 24 heavy (non-hydrogen) atoms. The van der Waals surface area contributed by atoms with Crippen molar-refractivity contribution in [1.29, 1.82) is 0 Å². The van der Waals surface area contributed by atoms with Gasteiger partial charge in [0.25, 0.3) is 0 Å². The SMILES string of the molecule is Cc1ccc(C2CN(S(=O)(=O)c3cc(C)ccc3C)CCO2)cc1. The predicted octanol–water partition coefficient (Wildman–Crippen LogP) is 3.37. The Morgan fingerprint density at radius 1 is 1.00 bits per heavy atom. The number of hydrogen-bond donors (Lipinski definition) is 0. The standard InChI is InChI=1S/C19H23NO3S/c1-14-5-8-17(9-6-14)18-13-20(10-11-23-18)24(21,22)19-12-15(2)4-7-16(19)3/h4-9,12,18H,10-11,13H2,1-3H3. The van der Waals surface area contributed by atoms with E-state index in [9.17, 15) is 8.42 Å². The summed E-state index contributed by atoms with van der Waals surface area (Å²) in [5.41, 5.74) is 3.91. The summed E-state index contributed by atoms with van der Waals surface area (Å²) in [6, 6.07) is 13.6. The van der Waals surface area contributed by atoms with E-state index >= 15 is 0 Å². The van der Waals surface area contributed by atoms with Crippen molar-refractivity contribution in [1.82, 2.24) is 4.31 Å². The third-order valence-corrected chi connectivity index (χ3v) is 6.45.